The van der Waals surface area contributed by atoms with Gasteiger partial charge in [-0.1, -0.05) is 30.3 Å². The minimum atomic E-state index is -0.279. The van der Waals surface area contributed by atoms with Crippen LogP contribution in [0.2, 0.25) is 0 Å². The standard InChI is InChI=1S/C20H26N4O3/c1-20(2,23-10-12-27-13-11-23)15-21-19(26)17-8-9-18(25)24(22-17)14-16-6-4-3-5-7-16/h3-9H,10-15H2,1-2H3,(H,21,26). The van der Waals surface area contributed by atoms with E-state index in [-0.39, 0.29) is 22.7 Å². The molecule has 144 valence electrons. The minimum absolute atomic E-state index is 0.183. The first-order chi connectivity index (χ1) is 13.0. The number of carbonyl (C=O) groups is 1. The highest BCUT2D eigenvalue weighted by Gasteiger charge is 2.28. The Morgan fingerprint density at radius 2 is 1.85 bits per heavy atom. The van der Waals surface area contributed by atoms with E-state index in [0.29, 0.717) is 26.3 Å². The second-order valence-corrected chi connectivity index (χ2v) is 7.29. The van der Waals surface area contributed by atoms with Gasteiger partial charge in [-0.05, 0) is 25.5 Å². The average molecular weight is 370 g/mol. The molecule has 0 unspecified atom stereocenters. The molecule has 27 heavy (non-hydrogen) atoms. The smallest absolute Gasteiger partial charge is 0.271 e. The molecule has 1 aliphatic rings. The molecule has 1 aliphatic heterocycles. The third-order valence-corrected chi connectivity index (χ3v) is 4.82. The topological polar surface area (TPSA) is 76.5 Å². The molecule has 2 aromatic rings. The second kappa shape index (κ2) is 8.45. The summed E-state index contributed by atoms with van der Waals surface area (Å²) < 4.78 is 6.71. The van der Waals surface area contributed by atoms with Crippen molar-refractivity contribution in [1.29, 1.82) is 0 Å². The number of amides is 1. The van der Waals surface area contributed by atoms with Crippen molar-refractivity contribution in [3.63, 3.8) is 0 Å². The lowest BCUT2D eigenvalue weighted by Crippen LogP contribution is -2.55. The zero-order chi connectivity index (χ0) is 19.3. The molecule has 1 saturated heterocycles. The highest BCUT2D eigenvalue weighted by molar-refractivity contribution is 5.92. The van der Waals surface area contributed by atoms with Gasteiger partial charge >= 0.3 is 0 Å². The fourth-order valence-corrected chi connectivity index (χ4v) is 3.11. The van der Waals surface area contributed by atoms with Gasteiger partial charge in [0.25, 0.3) is 11.5 Å². The van der Waals surface area contributed by atoms with Crippen molar-refractivity contribution >= 4 is 5.91 Å². The van der Waals surface area contributed by atoms with Crippen molar-refractivity contribution < 1.29 is 9.53 Å². The number of nitrogens with zero attached hydrogens (tertiary/aromatic N) is 3. The van der Waals surface area contributed by atoms with E-state index in [2.05, 4.69) is 29.2 Å². The van der Waals surface area contributed by atoms with Gasteiger partial charge < -0.3 is 10.1 Å². The maximum absolute atomic E-state index is 12.6. The van der Waals surface area contributed by atoms with E-state index in [1.807, 2.05) is 30.3 Å². The van der Waals surface area contributed by atoms with Crippen LogP contribution in [0.5, 0.6) is 0 Å². The molecule has 1 aromatic carbocycles. The molecule has 0 bridgehead atoms. The molecular weight excluding hydrogens is 344 g/mol. The first-order valence-electron chi connectivity index (χ1n) is 9.19. The summed E-state index contributed by atoms with van der Waals surface area (Å²) in [6, 6.07) is 12.4. The van der Waals surface area contributed by atoms with E-state index < -0.39 is 0 Å². The number of nitrogens with one attached hydrogen (secondary N) is 1. The molecule has 0 spiro atoms. The van der Waals surface area contributed by atoms with Gasteiger partial charge in [0.1, 0.15) is 5.69 Å². The Morgan fingerprint density at radius 1 is 1.15 bits per heavy atom. The monoisotopic (exact) mass is 370 g/mol. The SMILES string of the molecule is CC(C)(CNC(=O)c1ccc(=O)n(Cc2ccccc2)n1)N1CCOCC1. The molecule has 0 saturated carbocycles. The quantitative estimate of drug-likeness (QED) is 0.825. The summed E-state index contributed by atoms with van der Waals surface area (Å²) >= 11 is 0. The molecule has 2 heterocycles. The number of benzene rings is 1. The van der Waals surface area contributed by atoms with Crippen molar-refractivity contribution in [1.82, 2.24) is 20.0 Å². The Hall–Kier alpha value is -2.51. The molecule has 0 atom stereocenters. The van der Waals surface area contributed by atoms with Crippen LogP contribution in [0.4, 0.5) is 0 Å². The third-order valence-electron chi connectivity index (χ3n) is 4.82. The minimum Gasteiger partial charge on any atom is -0.379 e. The lowest BCUT2D eigenvalue weighted by Gasteiger charge is -2.40. The molecule has 1 N–H and O–H groups in total. The number of hydrogen-bond donors (Lipinski definition) is 1. The molecule has 1 fully saturated rings. The Balaban J connectivity index is 1.66. The number of morpholine rings is 1. The predicted molar refractivity (Wildman–Crippen MR) is 103 cm³/mol. The summed E-state index contributed by atoms with van der Waals surface area (Å²) in [5.41, 5.74) is 0.781. The second-order valence-electron chi connectivity index (χ2n) is 7.29. The van der Waals surface area contributed by atoms with Crippen LogP contribution >= 0.6 is 0 Å². The van der Waals surface area contributed by atoms with Crippen molar-refractivity contribution in [2.24, 2.45) is 0 Å². The number of carbonyl (C=O) groups excluding carboxylic acids is 1. The summed E-state index contributed by atoms with van der Waals surface area (Å²) in [5.74, 6) is -0.279. The summed E-state index contributed by atoms with van der Waals surface area (Å²) in [4.78, 5) is 26.9. The zero-order valence-electron chi connectivity index (χ0n) is 15.9. The van der Waals surface area contributed by atoms with Gasteiger partial charge in [0.05, 0.1) is 19.8 Å². The summed E-state index contributed by atoms with van der Waals surface area (Å²) in [6.07, 6.45) is 0. The number of rotatable bonds is 6. The maximum Gasteiger partial charge on any atom is 0.271 e. The van der Waals surface area contributed by atoms with Gasteiger partial charge in [-0.25, -0.2) is 4.68 Å². The lowest BCUT2D eigenvalue weighted by atomic mass is 10.0. The van der Waals surface area contributed by atoms with Gasteiger partial charge in [-0.2, -0.15) is 5.10 Å². The first kappa shape index (κ1) is 19.3. The van der Waals surface area contributed by atoms with E-state index >= 15 is 0 Å². The summed E-state index contributed by atoms with van der Waals surface area (Å²) in [6.45, 7) is 8.15. The molecule has 1 amide bonds. The largest absolute Gasteiger partial charge is 0.379 e. The first-order valence-corrected chi connectivity index (χ1v) is 9.19. The van der Waals surface area contributed by atoms with Crippen LogP contribution in [0.1, 0.15) is 29.9 Å². The van der Waals surface area contributed by atoms with Crippen molar-refractivity contribution in [3.8, 4) is 0 Å². The van der Waals surface area contributed by atoms with E-state index in [9.17, 15) is 9.59 Å². The van der Waals surface area contributed by atoms with Crippen molar-refractivity contribution in [2.75, 3.05) is 32.8 Å². The lowest BCUT2D eigenvalue weighted by molar-refractivity contribution is -0.00925. The normalized spacial score (nSPS) is 15.5. The van der Waals surface area contributed by atoms with E-state index in [1.54, 1.807) is 0 Å². The number of hydrogen-bond acceptors (Lipinski definition) is 5. The molecule has 1 aromatic heterocycles. The van der Waals surface area contributed by atoms with E-state index in [0.717, 1.165) is 18.7 Å². The predicted octanol–water partition coefficient (Wildman–Crippen LogP) is 1.13. The fourth-order valence-electron chi connectivity index (χ4n) is 3.11. The van der Waals surface area contributed by atoms with E-state index in [4.69, 9.17) is 4.74 Å². The number of aromatic nitrogens is 2. The van der Waals surface area contributed by atoms with E-state index in [1.165, 1.54) is 16.8 Å². The molecule has 0 aliphatic carbocycles. The van der Waals surface area contributed by atoms with Crippen LogP contribution in [-0.2, 0) is 11.3 Å². The van der Waals surface area contributed by atoms with Crippen molar-refractivity contribution in [3.05, 3.63) is 64.1 Å². The van der Waals surface area contributed by atoms with Crippen LogP contribution in [0.3, 0.4) is 0 Å². The highest BCUT2D eigenvalue weighted by Crippen LogP contribution is 2.15. The van der Waals surface area contributed by atoms with Crippen LogP contribution in [0.25, 0.3) is 0 Å². The van der Waals surface area contributed by atoms with Gasteiger partial charge in [0.15, 0.2) is 0 Å². The average Bonchev–Trinajstić information content (AvgIpc) is 2.69. The Kier molecular flexibility index (Phi) is 6.03. The molecule has 0 radical (unpaired) electrons. The van der Waals surface area contributed by atoms with Crippen LogP contribution in [-0.4, -0.2) is 59.0 Å². The Bertz CT molecular complexity index is 827. The summed E-state index contributed by atoms with van der Waals surface area (Å²) in [5, 5.41) is 7.19. The van der Waals surface area contributed by atoms with Gasteiger partial charge in [-0.3, -0.25) is 14.5 Å². The van der Waals surface area contributed by atoms with Gasteiger partial charge in [-0.15, -0.1) is 0 Å². The fraction of sp³-hybridized carbons (Fsp3) is 0.450. The summed E-state index contributed by atoms with van der Waals surface area (Å²) in [7, 11) is 0. The Morgan fingerprint density at radius 3 is 2.56 bits per heavy atom. The van der Waals surface area contributed by atoms with Gasteiger partial charge in [0.2, 0.25) is 0 Å². The molecule has 3 rings (SSSR count). The number of ether oxygens (including phenoxy) is 1. The van der Waals surface area contributed by atoms with Crippen LogP contribution < -0.4 is 10.9 Å². The highest BCUT2D eigenvalue weighted by atomic mass is 16.5. The van der Waals surface area contributed by atoms with Gasteiger partial charge in [0, 0.05) is 31.2 Å². The maximum atomic E-state index is 12.6. The van der Waals surface area contributed by atoms with Crippen LogP contribution in [0.15, 0.2) is 47.3 Å². The third kappa shape index (κ3) is 5.02. The van der Waals surface area contributed by atoms with Crippen molar-refractivity contribution in [2.45, 2.75) is 25.9 Å². The molecular formula is C20H26N4O3. The molecule has 7 heteroatoms. The van der Waals surface area contributed by atoms with Crippen LogP contribution in [0, 0.1) is 0 Å². The molecule has 7 nitrogen and oxygen atoms in total. The Labute approximate surface area is 158 Å². The zero-order valence-corrected chi connectivity index (χ0v) is 15.9.